The standard InChI is InChI=1S/C23H22ClFN4O2/c1-15(2)10-11-28-22(30)20-21(29(23(28)31)19-8-6-17(24)7-9-19)26-14-27(20)13-16-4-3-5-18(25)12-16/h3-9,12,14-15H,10-11,13H2,1-2H3. The highest BCUT2D eigenvalue weighted by Gasteiger charge is 2.19. The largest absolute Gasteiger partial charge is 0.337 e. The third-order valence-corrected chi connectivity index (χ3v) is 5.41. The van der Waals surface area contributed by atoms with Crippen molar-refractivity contribution in [3.8, 4) is 5.69 Å². The zero-order valence-corrected chi connectivity index (χ0v) is 18.0. The van der Waals surface area contributed by atoms with Crippen LogP contribution in [0, 0.1) is 11.7 Å². The molecule has 0 atom stereocenters. The molecule has 0 saturated heterocycles. The van der Waals surface area contributed by atoms with Crippen LogP contribution in [0.5, 0.6) is 0 Å². The first-order chi connectivity index (χ1) is 14.8. The van der Waals surface area contributed by atoms with Crippen molar-refractivity contribution >= 4 is 22.8 Å². The van der Waals surface area contributed by atoms with Crippen LogP contribution in [0.3, 0.4) is 0 Å². The van der Waals surface area contributed by atoms with E-state index in [1.807, 2.05) is 13.8 Å². The smallest absolute Gasteiger partial charge is 0.320 e. The molecule has 0 unspecified atom stereocenters. The van der Waals surface area contributed by atoms with Crippen LogP contribution in [0.2, 0.25) is 5.02 Å². The van der Waals surface area contributed by atoms with Gasteiger partial charge in [-0.1, -0.05) is 37.6 Å². The Morgan fingerprint density at radius 2 is 1.84 bits per heavy atom. The number of benzene rings is 2. The third kappa shape index (κ3) is 4.18. The number of imidazole rings is 1. The van der Waals surface area contributed by atoms with Crippen molar-refractivity contribution < 1.29 is 4.39 Å². The maximum Gasteiger partial charge on any atom is 0.337 e. The lowest BCUT2D eigenvalue weighted by Gasteiger charge is -2.14. The van der Waals surface area contributed by atoms with E-state index in [4.69, 9.17) is 11.6 Å². The summed E-state index contributed by atoms with van der Waals surface area (Å²) in [5, 5.41) is 0.540. The van der Waals surface area contributed by atoms with E-state index in [0.29, 0.717) is 40.7 Å². The van der Waals surface area contributed by atoms with Gasteiger partial charge < -0.3 is 4.57 Å². The molecular formula is C23H22ClFN4O2. The van der Waals surface area contributed by atoms with E-state index in [-0.39, 0.29) is 18.0 Å². The van der Waals surface area contributed by atoms with Crippen LogP contribution in [-0.4, -0.2) is 18.7 Å². The maximum absolute atomic E-state index is 13.7. The SMILES string of the molecule is CC(C)CCn1c(=O)c2c(ncn2Cc2cccc(F)c2)n(-c2ccc(Cl)cc2)c1=O. The van der Waals surface area contributed by atoms with Crippen LogP contribution < -0.4 is 11.2 Å². The maximum atomic E-state index is 13.7. The average Bonchev–Trinajstić information content (AvgIpc) is 3.12. The topological polar surface area (TPSA) is 61.8 Å². The second-order valence-corrected chi connectivity index (χ2v) is 8.34. The molecule has 0 bridgehead atoms. The van der Waals surface area contributed by atoms with E-state index in [2.05, 4.69) is 4.98 Å². The second-order valence-electron chi connectivity index (χ2n) is 7.91. The average molecular weight is 441 g/mol. The molecule has 0 aliphatic carbocycles. The predicted molar refractivity (Wildman–Crippen MR) is 120 cm³/mol. The molecule has 0 N–H and O–H groups in total. The van der Waals surface area contributed by atoms with Crippen LogP contribution in [-0.2, 0) is 13.1 Å². The molecule has 0 amide bonds. The van der Waals surface area contributed by atoms with Crippen molar-refractivity contribution in [1.29, 1.82) is 0 Å². The molecule has 2 aromatic carbocycles. The summed E-state index contributed by atoms with van der Waals surface area (Å²) in [7, 11) is 0. The van der Waals surface area contributed by atoms with E-state index in [0.717, 1.165) is 0 Å². The summed E-state index contributed by atoms with van der Waals surface area (Å²) in [4.78, 5) is 31.0. The van der Waals surface area contributed by atoms with Crippen LogP contribution in [0.4, 0.5) is 4.39 Å². The molecular weight excluding hydrogens is 419 g/mol. The van der Waals surface area contributed by atoms with Gasteiger partial charge in [0.05, 0.1) is 12.0 Å². The van der Waals surface area contributed by atoms with Crippen LogP contribution in [0.15, 0.2) is 64.4 Å². The molecule has 0 saturated carbocycles. The Kier molecular flexibility index (Phi) is 5.78. The number of fused-ring (bicyclic) bond motifs is 1. The lowest BCUT2D eigenvalue weighted by molar-refractivity contribution is 0.491. The zero-order chi connectivity index (χ0) is 22.1. The van der Waals surface area contributed by atoms with Gasteiger partial charge in [-0.25, -0.2) is 18.7 Å². The minimum absolute atomic E-state index is 0.256. The van der Waals surface area contributed by atoms with Crippen molar-refractivity contribution in [2.24, 2.45) is 5.92 Å². The Bertz CT molecular complexity index is 1350. The van der Waals surface area contributed by atoms with Gasteiger partial charge in [0.1, 0.15) is 5.82 Å². The lowest BCUT2D eigenvalue weighted by Crippen LogP contribution is -2.40. The molecule has 0 aliphatic heterocycles. The number of halogens is 2. The highest BCUT2D eigenvalue weighted by Crippen LogP contribution is 2.17. The summed E-state index contributed by atoms with van der Waals surface area (Å²) >= 11 is 6.01. The molecule has 0 spiro atoms. The molecule has 0 fully saturated rings. The van der Waals surface area contributed by atoms with E-state index >= 15 is 0 Å². The fourth-order valence-corrected chi connectivity index (χ4v) is 3.67. The van der Waals surface area contributed by atoms with E-state index < -0.39 is 11.2 Å². The molecule has 31 heavy (non-hydrogen) atoms. The summed E-state index contributed by atoms with van der Waals surface area (Å²) in [5.41, 5.74) is 0.957. The fourth-order valence-electron chi connectivity index (χ4n) is 3.54. The summed E-state index contributed by atoms with van der Waals surface area (Å²) in [6.45, 7) is 4.63. The number of aromatic nitrogens is 4. The van der Waals surface area contributed by atoms with Gasteiger partial charge in [-0.15, -0.1) is 0 Å². The molecule has 4 aromatic rings. The normalized spacial score (nSPS) is 11.5. The Hall–Kier alpha value is -3.19. The summed E-state index contributed by atoms with van der Waals surface area (Å²) in [6, 6.07) is 13.0. The van der Waals surface area contributed by atoms with Crippen LogP contribution >= 0.6 is 11.6 Å². The van der Waals surface area contributed by atoms with Crippen molar-refractivity contribution in [1.82, 2.24) is 18.7 Å². The lowest BCUT2D eigenvalue weighted by atomic mass is 10.1. The molecule has 4 rings (SSSR count). The zero-order valence-electron chi connectivity index (χ0n) is 17.3. The van der Waals surface area contributed by atoms with Crippen molar-refractivity contribution in [3.63, 3.8) is 0 Å². The van der Waals surface area contributed by atoms with Gasteiger partial charge in [0.15, 0.2) is 11.2 Å². The Balaban J connectivity index is 1.95. The number of hydrogen-bond acceptors (Lipinski definition) is 3. The Morgan fingerprint density at radius 1 is 1.10 bits per heavy atom. The molecule has 2 aromatic heterocycles. The first kappa shape index (κ1) is 21.1. The summed E-state index contributed by atoms with van der Waals surface area (Å²) in [6.07, 6.45) is 2.19. The van der Waals surface area contributed by atoms with Gasteiger partial charge in [-0.2, -0.15) is 0 Å². The molecule has 6 nitrogen and oxygen atoms in total. The van der Waals surface area contributed by atoms with Gasteiger partial charge in [0, 0.05) is 18.1 Å². The van der Waals surface area contributed by atoms with E-state index in [1.165, 1.54) is 27.6 Å². The Labute approximate surface area is 183 Å². The van der Waals surface area contributed by atoms with Crippen LogP contribution in [0.1, 0.15) is 25.8 Å². The number of hydrogen-bond donors (Lipinski definition) is 0. The van der Waals surface area contributed by atoms with E-state index in [1.54, 1.807) is 41.0 Å². The monoisotopic (exact) mass is 440 g/mol. The summed E-state index contributed by atoms with van der Waals surface area (Å²) < 4.78 is 18.0. The fraction of sp³-hybridized carbons (Fsp3) is 0.261. The molecule has 160 valence electrons. The molecule has 0 radical (unpaired) electrons. The molecule has 0 aliphatic rings. The highest BCUT2D eigenvalue weighted by molar-refractivity contribution is 6.30. The first-order valence-corrected chi connectivity index (χ1v) is 10.4. The van der Waals surface area contributed by atoms with Gasteiger partial charge in [0.25, 0.3) is 5.56 Å². The highest BCUT2D eigenvalue weighted by atomic mass is 35.5. The summed E-state index contributed by atoms with van der Waals surface area (Å²) in [5.74, 6) is -0.0301. The van der Waals surface area contributed by atoms with Gasteiger partial charge >= 0.3 is 5.69 Å². The van der Waals surface area contributed by atoms with Crippen LogP contribution in [0.25, 0.3) is 16.9 Å². The first-order valence-electron chi connectivity index (χ1n) is 10.1. The minimum atomic E-state index is -0.448. The minimum Gasteiger partial charge on any atom is -0.320 e. The van der Waals surface area contributed by atoms with Crippen molar-refractivity contribution in [3.05, 3.63) is 92.1 Å². The predicted octanol–water partition coefficient (Wildman–Crippen LogP) is 4.24. The van der Waals surface area contributed by atoms with Gasteiger partial charge in [0.2, 0.25) is 0 Å². The molecule has 2 heterocycles. The van der Waals surface area contributed by atoms with E-state index in [9.17, 15) is 14.0 Å². The third-order valence-electron chi connectivity index (χ3n) is 5.16. The quantitative estimate of drug-likeness (QED) is 0.450. The van der Waals surface area contributed by atoms with Gasteiger partial charge in [-0.3, -0.25) is 9.36 Å². The Morgan fingerprint density at radius 3 is 2.52 bits per heavy atom. The van der Waals surface area contributed by atoms with Gasteiger partial charge in [-0.05, 0) is 54.3 Å². The number of rotatable bonds is 6. The second kappa shape index (κ2) is 8.51. The van der Waals surface area contributed by atoms with Crippen molar-refractivity contribution in [2.45, 2.75) is 33.4 Å². The molecule has 8 heteroatoms. The number of nitrogens with zero attached hydrogens (tertiary/aromatic N) is 4. The van der Waals surface area contributed by atoms with Crippen molar-refractivity contribution in [2.75, 3.05) is 0 Å².